The molecule has 2 N–H and O–H groups in total. The Morgan fingerprint density at radius 2 is 1.96 bits per heavy atom. The number of nitrogens with zero attached hydrogens (tertiary/aromatic N) is 4. The highest BCUT2D eigenvalue weighted by atomic mass is 15.2. The molecule has 124 valence electrons. The highest BCUT2D eigenvalue weighted by molar-refractivity contribution is 5.35. The number of fused-ring (bicyclic) bond motifs is 1. The van der Waals surface area contributed by atoms with Crippen LogP contribution < -0.4 is 5.73 Å². The van der Waals surface area contributed by atoms with Gasteiger partial charge in [0.15, 0.2) is 0 Å². The molecule has 5 nitrogen and oxygen atoms in total. The normalized spacial score (nSPS) is 21.6. The number of nitrogens with two attached hydrogens (primary N) is 1. The number of rotatable bonds is 3. The molecule has 0 spiro atoms. The van der Waals surface area contributed by atoms with Crippen molar-refractivity contribution in [2.75, 3.05) is 13.1 Å². The molecule has 3 aromatic rings. The predicted octanol–water partition coefficient (Wildman–Crippen LogP) is 2.27. The second-order valence-corrected chi connectivity index (χ2v) is 6.80. The number of hydrogen-bond acceptors (Lipinski definition) is 4. The molecule has 2 atom stereocenters. The van der Waals surface area contributed by atoms with E-state index in [4.69, 9.17) is 5.73 Å². The molecule has 1 aliphatic heterocycles. The molecular weight excluding hydrogens is 298 g/mol. The van der Waals surface area contributed by atoms with Gasteiger partial charge in [-0.05, 0) is 25.5 Å². The average Bonchev–Trinajstić information content (AvgIpc) is 3.12. The highest BCUT2D eigenvalue weighted by Crippen LogP contribution is 2.27. The van der Waals surface area contributed by atoms with Crippen LogP contribution in [-0.2, 0) is 6.54 Å². The van der Waals surface area contributed by atoms with Gasteiger partial charge in [0.1, 0.15) is 0 Å². The smallest absolute Gasteiger partial charge is 0.234 e. The lowest BCUT2D eigenvalue weighted by molar-refractivity contribution is 0.318. The summed E-state index contributed by atoms with van der Waals surface area (Å²) >= 11 is 0. The number of aryl methyl sites for hydroxylation is 2. The Bertz CT molecular complexity index is 855. The van der Waals surface area contributed by atoms with Gasteiger partial charge in [0.2, 0.25) is 5.78 Å². The first-order valence-corrected chi connectivity index (χ1v) is 8.45. The third-order valence-corrected chi connectivity index (χ3v) is 4.92. The Kier molecular flexibility index (Phi) is 3.82. The standard InChI is InChI=1S/C19H23N5/c1-13-8-14(2)24-16(9-21-19(24)22-13)10-23-11-17(18(20)12-23)15-6-4-3-5-7-15/h3-9,17-18H,10-12,20H2,1-2H3/t17-,18+/m0/s1. The Balaban J connectivity index is 1.57. The number of imidazole rings is 1. The minimum Gasteiger partial charge on any atom is -0.326 e. The van der Waals surface area contributed by atoms with Crippen LogP contribution in [0, 0.1) is 13.8 Å². The molecule has 3 heterocycles. The molecule has 1 saturated heterocycles. The quantitative estimate of drug-likeness (QED) is 0.804. The fraction of sp³-hybridized carbons (Fsp3) is 0.368. The van der Waals surface area contributed by atoms with Crippen molar-refractivity contribution in [1.29, 1.82) is 0 Å². The molecule has 0 aliphatic carbocycles. The molecule has 24 heavy (non-hydrogen) atoms. The summed E-state index contributed by atoms with van der Waals surface area (Å²) in [6.45, 7) is 6.85. The third kappa shape index (κ3) is 2.70. The van der Waals surface area contributed by atoms with Crippen molar-refractivity contribution >= 4 is 5.78 Å². The van der Waals surface area contributed by atoms with Gasteiger partial charge in [-0.2, -0.15) is 0 Å². The summed E-state index contributed by atoms with van der Waals surface area (Å²) in [5.74, 6) is 1.18. The topological polar surface area (TPSA) is 59.5 Å². The van der Waals surface area contributed by atoms with Crippen LogP contribution in [0.15, 0.2) is 42.6 Å². The van der Waals surface area contributed by atoms with Crippen LogP contribution in [0.4, 0.5) is 0 Å². The molecule has 2 aromatic heterocycles. The maximum atomic E-state index is 6.42. The monoisotopic (exact) mass is 321 g/mol. The highest BCUT2D eigenvalue weighted by Gasteiger charge is 2.31. The zero-order chi connectivity index (χ0) is 16.7. The van der Waals surface area contributed by atoms with Crippen molar-refractivity contribution in [1.82, 2.24) is 19.3 Å². The summed E-state index contributed by atoms with van der Waals surface area (Å²) in [6, 6.07) is 12.9. The van der Waals surface area contributed by atoms with Crippen molar-refractivity contribution in [2.45, 2.75) is 32.4 Å². The Morgan fingerprint density at radius 1 is 1.17 bits per heavy atom. The van der Waals surface area contributed by atoms with E-state index in [1.54, 1.807) is 0 Å². The maximum absolute atomic E-state index is 6.42. The lowest BCUT2D eigenvalue weighted by Crippen LogP contribution is -2.28. The summed E-state index contributed by atoms with van der Waals surface area (Å²) < 4.78 is 2.15. The third-order valence-electron chi connectivity index (χ3n) is 4.92. The zero-order valence-corrected chi connectivity index (χ0v) is 14.2. The van der Waals surface area contributed by atoms with Crippen LogP contribution in [0.3, 0.4) is 0 Å². The van der Waals surface area contributed by atoms with Crippen LogP contribution in [0.25, 0.3) is 5.78 Å². The molecule has 1 aliphatic rings. The van der Waals surface area contributed by atoms with Gasteiger partial charge < -0.3 is 5.73 Å². The van der Waals surface area contributed by atoms with E-state index in [1.165, 1.54) is 17.0 Å². The van der Waals surface area contributed by atoms with Crippen molar-refractivity contribution < 1.29 is 0 Å². The largest absolute Gasteiger partial charge is 0.326 e. The van der Waals surface area contributed by atoms with Gasteiger partial charge in [-0.3, -0.25) is 9.30 Å². The average molecular weight is 321 g/mol. The Morgan fingerprint density at radius 3 is 2.75 bits per heavy atom. The van der Waals surface area contributed by atoms with Crippen LogP contribution in [0.5, 0.6) is 0 Å². The number of hydrogen-bond donors (Lipinski definition) is 1. The van der Waals surface area contributed by atoms with Crippen LogP contribution >= 0.6 is 0 Å². The van der Waals surface area contributed by atoms with Gasteiger partial charge in [0.25, 0.3) is 0 Å². The van der Waals surface area contributed by atoms with Crippen LogP contribution in [0.1, 0.15) is 28.6 Å². The van der Waals surface area contributed by atoms with Gasteiger partial charge in [-0.25, -0.2) is 9.97 Å². The Hall–Kier alpha value is -2.24. The van der Waals surface area contributed by atoms with Crippen LogP contribution in [-0.4, -0.2) is 38.4 Å². The molecule has 0 amide bonds. The van der Waals surface area contributed by atoms with E-state index in [2.05, 4.69) is 62.6 Å². The first-order chi connectivity index (χ1) is 11.6. The van der Waals surface area contributed by atoms with Gasteiger partial charge in [-0.15, -0.1) is 0 Å². The molecule has 5 heteroatoms. The fourth-order valence-corrected chi connectivity index (χ4v) is 3.83. The first kappa shape index (κ1) is 15.3. The molecule has 0 radical (unpaired) electrons. The Labute approximate surface area is 142 Å². The van der Waals surface area contributed by atoms with Gasteiger partial charge >= 0.3 is 0 Å². The molecular formula is C19H23N5. The van der Waals surface area contributed by atoms with Gasteiger partial charge in [-0.1, -0.05) is 30.3 Å². The lowest BCUT2D eigenvalue weighted by atomic mass is 9.95. The predicted molar refractivity (Wildman–Crippen MR) is 94.9 cm³/mol. The van der Waals surface area contributed by atoms with E-state index < -0.39 is 0 Å². The summed E-state index contributed by atoms with van der Waals surface area (Å²) in [6.07, 6.45) is 1.94. The van der Waals surface area contributed by atoms with E-state index in [0.29, 0.717) is 5.92 Å². The molecule has 1 fully saturated rings. The SMILES string of the molecule is Cc1cc(C)n2c(CN3C[C@@H](N)[C@H](c4ccccc4)C3)cnc2n1. The van der Waals surface area contributed by atoms with Crippen molar-refractivity contribution in [3.8, 4) is 0 Å². The molecule has 4 rings (SSSR count). The zero-order valence-electron chi connectivity index (χ0n) is 14.2. The van der Waals surface area contributed by atoms with Crippen molar-refractivity contribution in [2.24, 2.45) is 5.73 Å². The molecule has 0 bridgehead atoms. The van der Waals surface area contributed by atoms with E-state index in [0.717, 1.165) is 31.1 Å². The van der Waals surface area contributed by atoms with Gasteiger partial charge in [0, 0.05) is 43.0 Å². The van der Waals surface area contributed by atoms with E-state index in [1.807, 2.05) is 13.1 Å². The second-order valence-electron chi connectivity index (χ2n) is 6.80. The van der Waals surface area contributed by atoms with E-state index in [-0.39, 0.29) is 6.04 Å². The molecule has 0 saturated carbocycles. The fourth-order valence-electron chi connectivity index (χ4n) is 3.83. The van der Waals surface area contributed by atoms with Crippen LogP contribution in [0.2, 0.25) is 0 Å². The van der Waals surface area contributed by atoms with E-state index >= 15 is 0 Å². The minimum absolute atomic E-state index is 0.174. The maximum Gasteiger partial charge on any atom is 0.234 e. The summed E-state index contributed by atoms with van der Waals surface area (Å²) in [4.78, 5) is 11.4. The first-order valence-electron chi connectivity index (χ1n) is 8.45. The lowest BCUT2D eigenvalue weighted by Gasteiger charge is -2.16. The molecule has 1 aromatic carbocycles. The minimum atomic E-state index is 0.174. The molecule has 0 unspecified atom stereocenters. The number of benzene rings is 1. The number of aromatic nitrogens is 3. The summed E-state index contributed by atoms with van der Waals surface area (Å²) in [7, 11) is 0. The van der Waals surface area contributed by atoms with Crippen molar-refractivity contribution in [3.63, 3.8) is 0 Å². The summed E-state index contributed by atoms with van der Waals surface area (Å²) in [5.41, 5.74) is 11.1. The summed E-state index contributed by atoms with van der Waals surface area (Å²) in [5, 5.41) is 0. The number of likely N-dealkylation sites (tertiary alicyclic amines) is 1. The van der Waals surface area contributed by atoms with Gasteiger partial charge in [0.05, 0.1) is 11.9 Å². The second kappa shape index (κ2) is 6.00. The van der Waals surface area contributed by atoms with Crippen molar-refractivity contribution in [3.05, 3.63) is 65.2 Å². The van der Waals surface area contributed by atoms with E-state index in [9.17, 15) is 0 Å².